The van der Waals surface area contributed by atoms with Gasteiger partial charge in [0.2, 0.25) is 5.91 Å². The Hall–Kier alpha value is -3.38. The molecular formula is C21H16ClN3O3. The third-order valence-corrected chi connectivity index (χ3v) is 4.61. The van der Waals surface area contributed by atoms with Crippen LogP contribution in [0.4, 0.5) is 0 Å². The number of carbonyl (C=O) groups is 1. The van der Waals surface area contributed by atoms with Gasteiger partial charge in [-0.3, -0.25) is 9.59 Å². The van der Waals surface area contributed by atoms with E-state index in [2.05, 4.69) is 15.5 Å². The first kappa shape index (κ1) is 18.0. The molecular weight excluding hydrogens is 378 g/mol. The highest BCUT2D eigenvalue weighted by Crippen LogP contribution is 2.23. The highest BCUT2D eigenvalue weighted by atomic mass is 35.5. The van der Waals surface area contributed by atoms with Gasteiger partial charge in [0.1, 0.15) is 11.5 Å². The summed E-state index contributed by atoms with van der Waals surface area (Å²) < 4.78 is 5.78. The lowest BCUT2D eigenvalue weighted by atomic mass is 10.1. The lowest BCUT2D eigenvalue weighted by Crippen LogP contribution is -2.25. The van der Waals surface area contributed by atoms with Crippen LogP contribution in [-0.4, -0.2) is 16.1 Å². The van der Waals surface area contributed by atoms with Gasteiger partial charge in [-0.1, -0.05) is 29.8 Å². The maximum absolute atomic E-state index is 12.3. The molecule has 0 aliphatic heterocycles. The van der Waals surface area contributed by atoms with Crippen LogP contribution in [-0.2, 0) is 17.8 Å². The highest BCUT2D eigenvalue weighted by molar-refractivity contribution is 6.30. The first-order valence-electron chi connectivity index (χ1n) is 8.68. The van der Waals surface area contributed by atoms with Crippen LogP contribution in [0, 0.1) is 0 Å². The number of H-pyrrole nitrogens is 1. The molecule has 0 atom stereocenters. The molecule has 0 unspecified atom stereocenters. The molecule has 0 saturated carbocycles. The Kier molecular flexibility index (Phi) is 4.95. The Morgan fingerprint density at radius 2 is 1.79 bits per heavy atom. The van der Waals surface area contributed by atoms with Crippen LogP contribution in [0.5, 0.6) is 0 Å². The van der Waals surface area contributed by atoms with E-state index in [0.29, 0.717) is 33.0 Å². The monoisotopic (exact) mass is 393 g/mol. The molecule has 0 aliphatic carbocycles. The zero-order valence-electron chi connectivity index (χ0n) is 14.7. The molecule has 4 rings (SSSR count). The van der Waals surface area contributed by atoms with Crippen LogP contribution in [0.3, 0.4) is 0 Å². The number of furan rings is 1. The fourth-order valence-corrected chi connectivity index (χ4v) is 3.07. The second-order valence-electron chi connectivity index (χ2n) is 6.27. The molecule has 0 aliphatic rings. The van der Waals surface area contributed by atoms with Crippen molar-refractivity contribution in [1.29, 1.82) is 0 Å². The topological polar surface area (TPSA) is 88.0 Å². The zero-order valence-corrected chi connectivity index (χ0v) is 15.5. The lowest BCUT2D eigenvalue weighted by Gasteiger charge is -2.06. The van der Waals surface area contributed by atoms with Gasteiger partial charge in [0.15, 0.2) is 0 Å². The van der Waals surface area contributed by atoms with Gasteiger partial charge >= 0.3 is 0 Å². The van der Waals surface area contributed by atoms with Crippen LogP contribution >= 0.6 is 11.6 Å². The van der Waals surface area contributed by atoms with Gasteiger partial charge < -0.3 is 9.73 Å². The molecule has 2 aromatic heterocycles. The number of hydrogen-bond acceptors (Lipinski definition) is 4. The maximum Gasteiger partial charge on any atom is 0.272 e. The van der Waals surface area contributed by atoms with Crippen LogP contribution in [0.25, 0.3) is 22.1 Å². The van der Waals surface area contributed by atoms with Crippen molar-refractivity contribution in [1.82, 2.24) is 15.5 Å². The predicted octanol–water partition coefficient (Wildman–Crippen LogP) is 3.70. The average molecular weight is 394 g/mol. The van der Waals surface area contributed by atoms with E-state index in [-0.39, 0.29) is 24.4 Å². The first-order valence-corrected chi connectivity index (χ1v) is 9.05. The molecule has 0 saturated heterocycles. The number of hydrogen-bond donors (Lipinski definition) is 2. The molecule has 0 spiro atoms. The molecule has 7 heteroatoms. The molecule has 1 amide bonds. The number of nitrogens with one attached hydrogen (secondary N) is 2. The number of aromatic nitrogens is 2. The highest BCUT2D eigenvalue weighted by Gasteiger charge is 2.11. The number of carbonyl (C=O) groups excluding carboxylic acids is 1. The van der Waals surface area contributed by atoms with Crippen LogP contribution < -0.4 is 10.9 Å². The summed E-state index contributed by atoms with van der Waals surface area (Å²) >= 11 is 5.90. The van der Waals surface area contributed by atoms with E-state index in [9.17, 15) is 9.59 Å². The normalized spacial score (nSPS) is 10.9. The molecule has 2 N–H and O–H groups in total. The van der Waals surface area contributed by atoms with E-state index in [0.717, 1.165) is 5.56 Å². The Morgan fingerprint density at radius 1 is 1.04 bits per heavy atom. The molecule has 6 nitrogen and oxygen atoms in total. The van der Waals surface area contributed by atoms with Gasteiger partial charge in [-0.05, 0) is 42.5 Å². The third-order valence-electron chi connectivity index (χ3n) is 4.35. The summed E-state index contributed by atoms with van der Waals surface area (Å²) in [6, 6.07) is 18.1. The number of halogens is 1. The van der Waals surface area contributed by atoms with Crippen molar-refractivity contribution in [3.63, 3.8) is 0 Å². The number of amides is 1. The quantitative estimate of drug-likeness (QED) is 0.541. The van der Waals surface area contributed by atoms with Crippen molar-refractivity contribution in [2.75, 3.05) is 0 Å². The Labute approximate surface area is 165 Å². The van der Waals surface area contributed by atoms with Gasteiger partial charge in [-0.15, -0.1) is 0 Å². The van der Waals surface area contributed by atoms with E-state index < -0.39 is 0 Å². The van der Waals surface area contributed by atoms with Crippen molar-refractivity contribution in [3.8, 4) is 11.3 Å². The summed E-state index contributed by atoms with van der Waals surface area (Å²) in [7, 11) is 0. The molecule has 28 heavy (non-hydrogen) atoms. The molecule has 4 aromatic rings. The minimum Gasteiger partial charge on any atom is -0.459 e. The van der Waals surface area contributed by atoms with E-state index in [4.69, 9.17) is 16.0 Å². The molecule has 0 radical (unpaired) electrons. The van der Waals surface area contributed by atoms with Crippen LogP contribution in [0.1, 0.15) is 11.5 Å². The van der Waals surface area contributed by atoms with Gasteiger partial charge in [0.25, 0.3) is 5.56 Å². The minimum atomic E-state index is -0.273. The van der Waals surface area contributed by atoms with Gasteiger partial charge in [0.05, 0.1) is 24.0 Å². The summed E-state index contributed by atoms with van der Waals surface area (Å²) in [6.45, 7) is 0.258. The summed E-state index contributed by atoms with van der Waals surface area (Å²) in [5.41, 5.74) is 1.16. The van der Waals surface area contributed by atoms with Gasteiger partial charge in [-0.25, -0.2) is 5.10 Å². The Bertz CT molecular complexity index is 1200. The first-order chi connectivity index (χ1) is 13.6. The average Bonchev–Trinajstić information content (AvgIpc) is 3.18. The van der Waals surface area contributed by atoms with Crippen molar-refractivity contribution < 1.29 is 9.21 Å². The SMILES string of the molecule is O=C(Cc1n[nH]c(=O)c2ccccc12)NCc1ccc(-c2ccc(Cl)cc2)o1. The van der Waals surface area contributed by atoms with E-state index >= 15 is 0 Å². The van der Waals surface area contributed by atoms with E-state index in [1.54, 1.807) is 30.3 Å². The molecule has 140 valence electrons. The second-order valence-corrected chi connectivity index (χ2v) is 6.71. The lowest BCUT2D eigenvalue weighted by molar-refractivity contribution is -0.120. The fraction of sp³-hybridized carbons (Fsp3) is 0.0952. The Balaban J connectivity index is 1.42. The smallest absolute Gasteiger partial charge is 0.272 e. The van der Waals surface area contributed by atoms with Crippen molar-refractivity contribution in [2.45, 2.75) is 13.0 Å². The van der Waals surface area contributed by atoms with Crippen molar-refractivity contribution >= 4 is 28.3 Å². The van der Waals surface area contributed by atoms with Gasteiger partial charge in [0, 0.05) is 16.0 Å². The standard InChI is InChI=1S/C21H16ClN3O3/c22-14-7-5-13(6-8-14)19-10-9-15(28-19)12-23-20(26)11-18-16-3-1-2-4-17(16)21(27)25-24-18/h1-10H,11-12H2,(H,23,26)(H,25,27). The minimum absolute atomic E-state index is 0.0576. The summed E-state index contributed by atoms with van der Waals surface area (Å²) in [5, 5.41) is 11.1. The summed E-state index contributed by atoms with van der Waals surface area (Å²) in [5.74, 6) is 1.13. The van der Waals surface area contributed by atoms with Crippen LogP contribution in [0.15, 0.2) is 69.9 Å². The number of rotatable bonds is 5. The molecule has 2 heterocycles. The number of benzene rings is 2. The Morgan fingerprint density at radius 3 is 2.57 bits per heavy atom. The summed E-state index contributed by atoms with van der Waals surface area (Å²) in [4.78, 5) is 24.2. The fourth-order valence-electron chi connectivity index (χ4n) is 2.95. The third kappa shape index (κ3) is 3.82. The number of fused-ring (bicyclic) bond motifs is 1. The van der Waals surface area contributed by atoms with E-state index in [1.807, 2.05) is 30.3 Å². The number of nitrogens with zero attached hydrogens (tertiary/aromatic N) is 1. The largest absolute Gasteiger partial charge is 0.459 e. The maximum atomic E-state index is 12.3. The van der Waals surface area contributed by atoms with Crippen LogP contribution in [0.2, 0.25) is 5.02 Å². The molecule has 2 aromatic carbocycles. The number of aromatic amines is 1. The van der Waals surface area contributed by atoms with Crippen molar-refractivity contribution in [3.05, 3.63) is 87.5 Å². The van der Waals surface area contributed by atoms with Crippen molar-refractivity contribution in [2.24, 2.45) is 0 Å². The predicted molar refractivity (Wildman–Crippen MR) is 107 cm³/mol. The second kappa shape index (κ2) is 7.70. The van der Waals surface area contributed by atoms with Gasteiger partial charge in [-0.2, -0.15) is 5.10 Å². The molecule has 0 bridgehead atoms. The zero-order chi connectivity index (χ0) is 19.5. The van der Waals surface area contributed by atoms with E-state index in [1.165, 1.54) is 0 Å². The summed E-state index contributed by atoms with van der Waals surface area (Å²) in [6.07, 6.45) is 0.0576. The molecule has 0 fully saturated rings.